The molecule has 1 aliphatic heterocycles. The first kappa shape index (κ1) is 11.5. The molecule has 11 heavy (non-hydrogen) atoms. The third kappa shape index (κ3) is 2.81. The molecule has 0 spiro atoms. The minimum atomic E-state index is 0. The van der Waals surface area contributed by atoms with Crippen LogP contribution in [0.4, 0.5) is 0 Å². The first-order valence-electron chi connectivity index (χ1n) is 3.97. The lowest BCUT2D eigenvalue weighted by Crippen LogP contribution is -2.44. The number of hydrogen-bond acceptors (Lipinski definition) is 1. The molecular weight excluding hydrogens is 181 g/mol. The van der Waals surface area contributed by atoms with Gasteiger partial charge in [0.15, 0.2) is 0 Å². The van der Waals surface area contributed by atoms with Gasteiger partial charge in [-0.25, -0.2) is 0 Å². The van der Waals surface area contributed by atoms with Gasteiger partial charge in [0.2, 0.25) is 0 Å². The Morgan fingerprint density at radius 2 is 1.55 bits per heavy atom. The van der Waals surface area contributed by atoms with Gasteiger partial charge in [-0.1, -0.05) is 0 Å². The second-order valence-corrected chi connectivity index (χ2v) is 4.05. The lowest BCUT2D eigenvalue weighted by Gasteiger charge is -2.38. The quantitative estimate of drug-likeness (QED) is 0.540. The minimum absolute atomic E-state index is 0. The Morgan fingerprint density at radius 1 is 1.18 bits per heavy atom. The van der Waals surface area contributed by atoms with Gasteiger partial charge >= 0.3 is 0 Å². The average Bonchev–Trinajstić information content (AvgIpc) is 1.82. The van der Waals surface area contributed by atoms with Crippen LogP contribution >= 0.6 is 24.0 Å². The van der Waals surface area contributed by atoms with E-state index in [4.69, 9.17) is 11.6 Å². The Morgan fingerprint density at radius 3 is 1.91 bits per heavy atom. The summed E-state index contributed by atoms with van der Waals surface area (Å²) in [6.45, 7) is 4.48. The van der Waals surface area contributed by atoms with Crippen molar-refractivity contribution >= 4 is 24.0 Å². The van der Waals surface area contributed by atoms with Crippen molar-refractivity contribution in [2.24, 2.45) is 0 Å². The van der Waals surface area contributed by atoms with E-state index in [1.54, 1.807) is 0 Å². The number of piperidine rings is 1. The summed E-state index contributed by atoms with van der Waals surface area (Å²) in [6.07, 6.45) is 2.28. The standard InChI is InChI=1S/C8H16ClN.ClH/c1-6-4-8(9)5-7(2)10(6)3;/h6-8H,4-5H2,1-3H3;1H. The highest BCUT2D eigenvalue weighted by Gasteiger charge is 2.26. The van der Waals surface area contributed by atoms with E-state index in [0.717, 1.165) is 12.8 Å². The maximum Gasteiger partial charge on any atom is 0.0365 e. The fraction of sp³-hybridized carbons (Fsp3) is 1.00. The first-order chi connectivity index (χ1) is 4.61. The van der Waals surface area contributed by atoms with Gasteiger partial charge in [0.1, 0.15) is 0 Å². The maximum atomic E-state index is 6.04. The molecule has 1 saturated heterocycles. The van der Waals surface area contributed by atoms with E-state index in [2.05, 4.69) is 25.8 Å². The third-order valence-electron chi connectivity index (χ3n) is 2.58. The molecule has 68 valence electrons. The summed E-state index contributed by atoms with van der Waals surface area (Å²) >= 11 is 6.04. The van der Waals surface area contributed by atoms with Crippen LogP contribution in [0.15, 0.2) is 0 Å². The highest BCUT2D eigenvalue weighted by atomic mass is 35.5. The largest absolute Gasteiger partial charge is 0.301 e. The minimum Gasteiger partial charge on any atom is -0.301 e. The zero-order valence-corrected chi connectivity index (χ0v) is 8.95. The zero-order valence-electron chi connectivity index (χ0n) is 7.38. The van der Waals surface area contributed by atoms with E-state index >= 15 is 0 Å². The molecule has 1 nitrogen and oxygen atoms in total. The molecule has 0 aromatic carbocycles. The van der Waals surface area contributed by atoms with Crippen LogP contribution < -0.4 is 0 Å². The zero-order chi connectivity index (χ0) is 7.72. The molecule has 1 rings (SSSR count). The summed E-state index contributed by atoms with van der Waals surface area (Å²) in [5, 5.41) is 0.404. The number of nitrogens with zero attached hydrogens (tertiary/aromatic N) is 1. The van der Waals surface area contributed by atoms with Crippen LogP contribution in [0, 0.1) is 0 Å². The van der Waals surface area contributed by atoms with Crippen molar-refractivity contribution in [2.45, 2.75) is 44.1 Å². The highest BCUT2D eigenvalue weighted by molar-refractivity contribution is 6.20. The molecule has 3 heteroatoms. The van der Waals surface area contributed by atoms with Crippen molar-refractivity contribution in [1.29, 1.82) is 0 Å². The van der Waals surface area contributed by atoms with Gasteiger partial charge in [-0.3, -0.25) is 0 Å². The molecule has 2 unspecified atom stereocenters. The van der Waals surface area contributed by atoms with Gasteiger partial charge in [-0.2, -0.15) is 0 Å². The van der Waals surface area contributed by atoms with E-state index in [0.29, 0.717) is 17.5 Å². The molecule has 1 heterocycles. The summed E-state index contributed by atoms with van der Waals surface area (Å²) < 4.78 is 0. The number of hydrogen-bond donors (Lipinski definition) is 0. The fourth-order valence-electron chi connectivity index (χ4n) is 1.60. The van der Waals surface area contributed by atoms with E-state index in [1.165, 1.54) is 0 Å². The number of rotatable bonds is 0. The Balaban J connectivity index is 0.000001000. The van der Waals surface area contributed by atoms with Crippen molar-refractivity contribution in [2.75, 3.05) is 7.05 Å². The van der Waals surface area contributed by atoms with Crippen LogP contribution in [0.1, 0.15) is 26.7 Å². The predicted octanol–water partition coefficient (Wildman–Crippen LogP) is 2.52. The molecule has 0 aliphatic carbocycles. The predicted molar refractivity (Wildman–Crippen MR) is 52.8 cm³/mol. The van der Waals surface area contributed by atoms with Gasteiger partial charge < -0.3 is 4.90 Å². The van der Waals surface area contributed by atoms with Crippen LogP contribution in [0.5, 0.6) is 0 Å². The lowest BCUT2D eigenvalue weighted by molar-refractivity contribution is 0.140. The van der Waals surface area contributed by atoms with Crippen molar-refractivity contribution in [3.8, 4) is 0 Å². The Bertz CT molecular complexity index is 107. The Hall–Kier alpha value is 0.540. The molecule has 0 aromatic rings. The SMILES string of the molecule is CC1CC(Cl)CC(C)N1C.Cl. The molecule has 1 aliphatic rings. The second kappa shape index (κ2) is 4.54. The van der Waals surface area contributed by atoms with Crippen molar-refractivity contribution in [3.63, 3.8) is 0 Å². The molecule has 1 fully saturated rings. The van der Waals surface area contributed by atoms with Gasteiger partial charge in [0.25, 0.3) is 0 Å². The van der Waals surface area contributed by atoms with Crippen LogP contribution in [0.2, 0.25) is 0 Å². The van der Waals surface area contributed by atoms with Crippen molar-refractivity contribution < 1.29 is 0 Å². The van der Waals surface area contributed by atoms with Gasteiger partial charge in [-0.15, -0.1) is 24.0 Å². The Labute approximate surface area is 80.5 Å². The fourth-order valence-corrected chi connectivity index (χ4v) is 2.12. The monoisotopic (exact) mass is 197 g/mol. The van der Waals surface area contributed by atoms with E-state index in [1.807, 2.05) is 0 Å². The highest BCUT2D eigenvalue weighted by Crippen LogP contribution is 2.24. The van der Waals surface area contributed by atoms with Gasteiger partial charge in [0.05, 0.1) is 0 Å². The summed E-state index contributed by atoms with van der Waals surface area (Å²) in [7, 11) is 2.18. The lowest BCUT2D eigenvalue weighted by atomic mass is 9.98. The summed E-state index contributed by atoms with van der Waals surface area (Å²) in [5.74, 6) is 0. The molecule has 2 atom stereocenters. The number of alkyl halides is 1. The topological polar surface area (TPSA) is 3.24 Å². The van der Waals surface area contributed by atoms with Gasteiger partial charge in [-0.05, 0) is 33.7 Å². The molecule has 0 radical (unpaired) electrons. The number of likely N-dealkylation sites (tertiary alicyclic amines) is 1. The molecule has 0 amide bonds. The smallest absolute Gasteiger partial charge is 0.0365 e. The first-order valence-corrected chi connectivity index (χ1v) is 4.41. The van der Waals surface area contributed by atoms with Crippen molar-refractivity contribution in [1.82, 2.24) is 4.90 Å². The molecule has 0 aromatic heterocycles. The molecule has 0 bridgehead atoms. The summed E-state index contributed by atoms with van der Waals surface area (Å²) in [6, 6.07) is 1.32. The van der Waals surface area contributed by atoms with Crippen molar-refractivity contribution in [3.05, 3.63) is 0 Å². The Kier molecular flexibility index (Phi) is 4.76. The van der Waals surface area contributed by atoms with E-state index in [-0.39, 0.29) is 12.4 Å². The summed E-state index contributed by atoms with van der Waals surface area (Å²) in [4.78, 5) is 2.40. The number of halogens is 2. The molecule has 0 saturated carbocycles. The maximum absolute atomic E-state index is 6.04. The van der Waals surface area contributed by atoms with Gasteiger partial charge in [0, 0.05) is 17.5 Å². The van der Waals surface area contributed by atoms with Crippen LogP contribution in [0.25, 0.3) is 0 Å². The van der Waals surface area contributed by atoms with E-state index < -0.39 is 0 Å². The summed E-state index contributed by atoms with van der Waals surface area (Å²) in [5.41, 5.74) is 0. The van der Waals surface area contributed by atoms with Crippen LogP contribution in [-0.4, -0.2) is 29.4 Å². The molecule has 0 N–H and O–H groups in total. The van der Waals surface area contributed by atoms with Crippen LogP contribution in [-0.2, 0) is 0 Å². The molecular formula is C8H17Cl2N. The third-order valence-corrected chi connectivity index (χ3v) is 2.94. The second-order valence-electron chi connectivity index (χ2n) is 3.43. The van der Waals surface area contributed by atoms with E-state index in [9.17, 15) is 0 Å². The van der Waals surface area contributed by atoms with Crippen LogP contribution in [0.3, 0.4) is 0 Å². The average molecular weight is 198 g/mol. The normalized spacial score (nSPS) is 39.8.